The van der Waals surface area contributed by atoms with Gasteiger partial charge in [0.05, 0.1) is 30.9 Å². The van der Waals surface area contributed by atoms with Crippen LogP contribution in [0.3, 0.4) is 0 Å². The highest BCUT2D eigenvalue weighted by molar-refractivity contribution is 6.07. The molecule has 0 aliphatic carbocycles. The van der Waals surface area contributed by atoms with Crippen LogP contribution in [-0.2, 0) is 20.4 Å². The fourth-order valence-corrected chi connectivity index (χ4v) is 6.55. The van der Waals surface area contributed by atoms with Crippen LogP contribution < -0.4 is 10.2 Å². The Morgan fingerprint density at radius 3 is 2.48 bits per heavy atom. The molecule has 0 bridgehead atoms. The fourth-order valence-electron chi connectivity index (χ4n) is 6.55. The molecule has 48 heavy (non-hydrogen) atoms. The van der Waals surface area contributed by atoms with Crippen molar-refractivity contribution in [1.29, 1.82) is 5.26 Å². The Morgan fingerprint density at radius 2 is 1.81 bits per heavy atom. The molecular weight excluding hydrogens is 636 g/mol. The number of halogens is 4. The number of amides is 3. The second-order valence-electron chi connectivity index (χ2n) is 11.7. The number of nitrogens with zero attached hydrogens (tertiary/aromatic N) is 5. The third kappa shape index (κ3) is 6.13. The maximum atomic E-state index is 14.4. The Kier molecular flexibility index (Phi) is 9.22. The maximum absolute atomic E-state index is 14.4. The lowest BCUT2D eigenvalue weighted by molar-refractivity contribution is -0.137. The highest BCUT2D eigenvalue weighted by atomic mass is 19.4. The van der Waals surface area contributed by atoms with Crippen LogP contribution in [0.15, 0.2) is 48.5 Å². The Labute approximate surface area is 273 Å². The van der Waals surface area contributed by atoms with E-state index >= 15 is 0 Å². The van der Waals surface area contributed by atoms with Crippen molar-refractivity contribution in [2.75, 3.05) is 44.4 Å². The minimum absolute atomic E-state index is 0.0122. The molecule has 3 aromatic rings. The van der Waals surface area contributed by atoms with E-state index in [9.17, 15) is 37.2 Å². The third-order valence-electron chi connectivity index (χ3n) is 8.91. The molecule has 252 valence electrons. The molecule has 1 aromatic heterocycles. The maximum Gasteiger partial charge on any atom is 0.416 e. The van der Waals surface area contributed by atoms with E-state index in [4.69, 9.17) is 14.6 Å². The number of likely N-dealkylation sites (N-methyl/N-ethyl adjacent to an activating group) is 1. The summed E-state index contributed by atoms with van der Waals surface area (Å²) in [6.45, 7) is 2.91. The minimum atomic E-state index is -4.71. The summed E-state index contributed by atoms with van der Waals surface area (Å²) < 4.78 is 67.4. The fraction of sp³-hybridized carbons (Fsp3) is 0.424. The average Bonchev–Trinajstić information content (AvgIpc) is 3.48. The van der Waals surface area contributed by atoms with Gasteiger partial charge in [-0.25, -0.2) is 9.07 Å². The number of rotatable bonds is 6. The Morgan fingerprint density at radius 1 is 1.08 bits per heavy atom. The molecule has 0 unspecified atom stereocenters. The lowest BCUT2D eigenvalue weighted by atomic mass is 9.80. The highest BCUT2D eigenvalue weighted by Crippen LogP contribution is 2.45. The summed E-state index contributed by atoms with van der Waals surface area (Å²) >= 11 is 0. The van der Waals surface area contributed by atoms with E-state index in [1.54, 1.807) is 11.6 Å². The van der Waals surface area contributed by atoms with E-state index in [0.717, 1.165) is 12.1 Å². The molecule has 2 saturated heterocycles. The molecule has 4 heterocycles. The van der Waals surface area contributed by atoms with Crippen LogP contribution in [0.4, 0.5) is 23.4 Å². The number of carbonyl (C=O) groups is 3. The van der Waals surface area contributed by atoms with Gasteiger partial charge in [-0.15, -0.1) is 0 Å². The average molecular weight is 669 g/mol. The van der Waals surface area contributed by atoms with Crippen LogP contribution in [0.1, 0.15) is 69.3 Å². The van der Waals surface area contributed by atoms with Crippen LogP contribution in [-0.4, -0.2) is 84.0 Å². The summed E-state index contributed by atoms with van der Waals surface area (Å²) in [5, 5.41) is 17.3. The molecule has 1 N–H and O–H groups in total. The van der Waals surface area contributed by atoms with Gasteiger partial charge in [-0.2, -0.15) is 23.5 Å². The zero-order chi connectivity index (χ0) is 34.2. The van der Waals surface area contributed by atoms with E-state index < -0.39 is 53.3 Å². The summed E-state index contributed by atoms with van der Waals surface area (Å²) in [7, 11) is 0. The zero-order valence-electron chi connectivity index (χ0n) is 25.9. The van der Waals surface area contributed by atoms with Crippen molar-refractivity contribution in [1.82, 2.24) is 20.0 Å². The molecule has 2 fully saturated rings. The van der Waals surface area contributed by atoms with E-state index in [1.165, 1.54) is 40.1 Å². The number of ether oxygens (including phenoxy) is 2. The van der Waals surface area contributed by atoms with Crippen LogP contribution in [0.5, 0.6) is 0 Å². The number of hydrogen-bond donors (Lipinski definition) is 1. The first-order valence-electron chi connectivity index (χ1n) is 15.6. The third-order valence-corrected chi connectivity index (χ3v) is 8.91. The molecule has 2 aromatic carbocycles. The highest BCUT2D eigenvalue weighted by Gasteiger charge is 2.49. The van der Waals surface area contributed by atoms with E-state index in [2.05, 4.69) is 11.4 Å². The van der Waals surface area contributed by atoms with Gasteiger partial charge in [0.2, 0.25) is 0 Å². The van der Waals surface area contributed by atoms with Crippen LogP contribution >= 0.6 is 0 Å². The first-order valence-corrected chi connectivity index (χ1v) is 15.6. The summed E-state index contributed by atoms with van der Waals surface area (Å²) in [5.74, 6) is -3.49. The number of carbonyl (C=O) groups excluding carboxylic acids is 3. The van der Waals surface area contributed by atoms with Crippen molar-refractivity contribution >= 4 is 23.5 Å². The molecule has 0 radical (unpaired) electrons. The van der Waals surface area contributed by atoms with E-state index in [-0.39, 0.29) is 49.2 Å². The minimum Gasteiger partial charge on any atom is -0.381 e. The van der Waals surface area contributed by atoms with Crippen molar-refractivity contribution in [3.63, 3.8) is 0 Å². The molecular formula is C33H32F4N6O5. The van der Waals surface area contributed by atoms with Crippen molar-refractivity contribution in [3.05, 3.63) is 82.3 Å². The molecule has 0 saturated carbocycles. The number of nitriles is 1. The van der Waals surface area contributed by atoms with Gasteiger partial charge in [0.15, 0.2) is 5.69 Å². The van der Waals surface area contributed by atoms with Crippen molar-refractivity contribution in [2.45, 2.75) is 50.0 Å². The molecule has 3 amide bonds. The second-order valence-corrected chi connectivity index (χ2v) is 11.7. The lowest BCUT2D eigenvalue weighted by Crippen LogP contribution is -2.56. The second kappa shape index (κ2) is 13.4. The van der Waals surface area contributed by atoms with Crippen LogP contribution in [0.25, 0.3) is 0 Å². The molecule has 6 rings (SSSR count). The quantitative estimate of drug-likeness (QED) is 0.393. The number of morpholine rings is 1. The van der Waals surface area contributed by atoms with E-state index in [1.807, 2.05) is 0 Å². The van der Waals surface area contributed by atoms with Gasteiger partial charge in [0.1, 0.15) is 23.7 Å². The standard InChI is InChI=1S/C33H32F4N6O5/c1-2-41-30-26(28(40-43(30)23-10-13-47-14-11-23)32(46)42-12-15-48-18-24(42)17-38)25(19-6-8-22(34)9-7-19)27(31(41)45)39-29(44)20-4-3-5-21(16-20)33(35,36)37/h3-9,16,23-25,27H,2,10-15,18H2,1H3,(H,39,44)/t24-,25+,27+/m1/s1. The molecule has 3 atom stereocenters. The number of nitrogens with one attached hydrogen (secondary N) is 1. The molecule has 3 aliphatic rings. The van der Waals surface area contributed by atoms with Gasteiger partial charge in [-0.05, 0) is 55.7 Å². The van der Waals surface area contributed by atoms with Crippen LogP contribution in [0.2, 0.25) is 0 Å². The molecule has 11 nitrogen and oxygen atoms in total. The summed E-state index contributed by atoms with van der Waals surface area (Å²) in [5.41, 5.74) is -0.797. The number of benzene rings is 2. The first-order chi connectivity index (χ1) is 23.0. The van der Waals surface area contributed by atoms with Gasteiger partial charge < -0.3 is 19.7 Å². The van der Waals surface area contributed by atoms with Gasteiger partial charge in [-0.1, -0.05) is 18.2 Å². The topological polar surface area (TPSA) is 130 Å². The van der Waals surface area contributed by atoms with Crippen molar-refractivity contribution < 1.29 is 41.4 Å². The Hall–Kier alpha value is -4.81. The molecule has 0 spiro atoms. The number of fused-ring (bicyclic) bond motifs is 1. The predicted octanol–water partition coefficient (Wildman–Crippen LogP) is 4.05. The van der Waals surface area contributed by atoms with Crippen molar-refractivity contribution in [3.8, 4) is 6.07 Å². The van der Waals surface area contributed by atoms with Crippen molar-refractivity contribution in [2.24, 2.45) is 0 Å². The Balaban J connectivity index is 1.54. The molecule has 3 aliphatic heterocycles. The monoisotopic (exact) mass is 668 g/mol. The Bertz CT molecular complexity index is 1750. The van der Waals surface area contributed by atoms with Gasteiger partial charge in [0.25, 0.3) is 17.7 Å². The number of anilines is 1. The van der Waals surface area contributed by atoms with Gasteiger partial charge in [0, 0.05) is 43.3 Å². The summed E-state index contributed by atoms with van der Waals surface area (Å²) in [4.78, 5) is 45.2. The number of alkyl halides is 3. The predicted molar refractivity (Wildman–Crippen MR) is 162 cm³/mol. The van der Waals surface area contributed by atoms with Gasteiger partial charge >= 0.3 is 6.18 Å². The largest absolute Gasteiger partial charge is 0.416 e. The summed E-state index contributed by atoms with van der Waals surface area (Å²) in [6.07, 6.45) is -3.65. The number of hydrogen-bond acceptors (Lipinski definition) is 7. The van der Waals surface area contributed by atoms with E-state index in [0.29, 0.717) is 43.5 Å². The summed E-state index contributed by atoms with van der Waals surface area (Å²) in [6, 6.07) is 8.50. The van der Waals surface area contributed by atoms with Crippen LogP contribution in [0, 0.1) is 17.1 Å². The normalized spacial score (nSPS) is 21.8. The smallest absolute Gasteiger partial charge is 0.381 e. The SMILES string of the molecule is CCN1C(=O)[C@@H](NC(=O)c2cccc(C(F)(F)F)c2)[C@@H](c2ccc(F)cc2)c2c(C(=O)N3CCOC[C@H]3C#N)nn(C3CCOCC3)c21. The molecule has 15 heteroatoms. The number of aromatic nitrogens is 2. The van der Waals surface area contributed by atoms with Gasteiger partial charge in [-0.3, -0.25) is 19.3 Å². The zero-order valence-corrected chi connectivity index (χ0v) is 25.9. The first kappa shape index (κ1) is 33.1. The lowest BCUT2D eigenvalue weighted by Gasteiger charge is -2.39.